The molecule has 1 N–H and O–H groups in total. The number of nitrogens with zero attached hydrogens (tertiary/aromatic N) is 1. The van der Waals surface area contributed by atoms with Crippen molar-refractivity contribution in [3.8, 4) is 0 Å². The van der Waals surface area contributed by atoms with E-state index in [1.54, 1.807) is 43.3 Å². The van der Waals surface area contributed by atoms with E-state index in [1.807, 2.05) is 6.92 Å². The van der Waals surface area contributed by atoms with Crippen molar-refractivity contribution < 1.29 is 9.59 Å². The van der Waals surface area contributed by atoms with Crippen LogP contribution >= 0.6 is 46.4 Å². The molecule has 0 spiro atoms. The Hall–Kier alpha value is -1.46. The molecule has 0 saturated carbocycles. The summed E-state index contributed by atoms with van der Waals surface area (Å²) in [6, 6.07) is 9.47. The molecule has 0 bridgehead atoms. The third-order valence-electron chi connectivity index (χ3n) is 4.69. The number of carbonyl (C=O) groups excluding carboxylic acids is 2. The first-order valence-corrected chi connectivity index (χ1v) is 11.2. The molecule has 0 aromatic heterocycles. The van der Waals surface area contributed by atoms with Crippen molar-refractivity contribution in [3.63, 3.8) is 0 Å². The van der Waals surface area contributed by atoms with Crippen molar-refractivity contribution in [1.82, 2.24) is 10.2 Å². The highest BCUT2D eigenvalue weighted by molar-refractivity contribution is 6.42. The number of unbranched alkanes of at least 4 members (excludes halogenated alkanes) is 1. The van der Waals surface area contributed by atoms with E-state index < -0.39 is 6.04 Å². The second-order valence-corrected chi connectivity index (χ2v) is 8.66. The van der Waals surface area contributed by atoms with E-state index in [1.165, 1.54) is 4.90 Å². The molecule has 2 rings (SSSR count). The van der Waals surface area contributed by atoms with Gasteiger partial charge >= 0.3 is 0 Å². The molecule has 2 aromatic carbocycles. The Kier molecular flexibility index (Phi) is 9.76. The van der Waals surface area contributed by atoms with Crippen molar-refractivity contribution in [2.24, 2.45) is 0 Å². The first kappa shape index (κ1) is 24.8. The minimum absolute atomic E-state index is 0.0455. The summed E-state index contributed by atoms with van der Waals surface area (Å²) in [7, 11) is 0. The predicted molar refractivity (Wildman–Crippen MR) is 125 cm³/mol. The quantitative estimate of drug-likeness (QED) is 0.427. The van der Waals surface area contributed by atoms with Crippen LogP contribution in [0.15, 0.2) is 36.4 Å². The highest BCUT2D eigenvalue weighted by Gasteiger charge is 2.26. The summed E-state index contributed by atoms with van der Waals surface area (Å²) in [6.45, 7) is 4.53. The van der Waals surface area contributed by atoms with E-state index in [9.17, 15) is 9.59 Å². The molecule has 1 atom stereocenters. The van der Waals surface area contributed by atoms with Crippen molar-refractivity contribution in [3.05, 3.63) is 67.6 Å². The number of rotatable bonds is 9. The molecular weight excluding hydrogens is 466 g/mol. The summed E-state index contributed by atoms with van der Waals surface area (Å²) in [4.78, 5) is 27.3. The van der Waals surface area contributed by atoms with Gasteiger partial charge in [0.1, 0.15) is 6.04 Å². The van der Waals surface area contributed by atoms with Gasteiger partial charge in [0.25, 0.3) is 0 Å². The number of halogens is 4. The monoisotopic (exact) mass is 488 g/mol. The lowest BCUT2D eigenvalue weighted by Crippen LogP contribution is -2.48. The second-order valence-electron chi connectivity index (χ2n) is 7.00. The Balaban J connectivity index is 2.25. The van der Waals surface area contributed by atoms with E-state index in [2.05, 4.69) is 5.32 Å². The lowest BCUT2D eigenvalue weighted by molar-refractivity contribution is -0.140. The first-order valence-electron chi connectivity index (χ1n) is 9.68. The van der Waals surface area contributed by atoms with Crippen LogP contribution < -0.4 is 5.32 Å². The summed E-state index contributed by atoms with van der Waals surface area (Å²) >= 11 is 24.3. The van der Waals surface area contributed by atoms with Gasteiger partial charge in [0.05, 0.1) is 16.5 Å². The van der Waals surface area contributed by atoms with Crippen LogP contribution in [0, 0.1) is 0 Å². The molecule has 0 radical (unpaired) electrons. The third kappa shape index (κ3) is 7.05. The van der Waals surface area contributed by atoms with E-state index in [-0.39, 0.29) is 24.8 Å². The first-order chi connectivity index (χ1) is 14.2. The van der Waals surface area contributed by atoms with Crippen molar-refractivity contribution in [2.75, 3.05) is 6.54 Å². The third-order valence-corrected chi connectivity index (χ3v) is 6.02. The molecule has 2 amide bonds. The largest absolute Gasteiger partial charge is 0.354 e. The molecule has 0 saturated heterocycles. The number of hydrogen-bond acceptors (Lipinski definition) is 2. The zero-order valence-corrected chi connectivity index (χ0v) is 19.9. The van der Waals surface area contributed by atoms with Crippen LogP contribution in [0.3, 0.4) is 0 Å². The maximum atomic E-state index is 13.2. The van der Waals surface area contributed by atoms with Gasteiger partial charge in [-0.1, -0.05) is 71.9 Å². The Morgan fingerprint density at radius 2 is 1.73 bits per heavy atom. The molecule has 0 aliphatic carbocycles. The van der Waals surface area contributed by atoms with Crippen molar-refractivity contribution >= 4 is 58.2 Å². The van der Waals surface area contributed by atoms with Gasteiger partial charge in [-0.2, -0.15) is 0 Å². The normalized spacial score (nSPS) is 11.8. The van der Waals surface area contributed by atoms with Gasteiger partial charge in [-0.25, -0.2) is 0 Å². The van der Waals surface area contributed by atoms with Crippen LogP contribution in [0.4, 0.5) is 0 Å². The molecule has 0 unspecified atom stereocenters. The molecule has 4 nitrogen and oxygen atoms in total. The van der Waals surface area contributed by atoms with Gasteiger partial charge in [-0.3, -0.25) is 9.59 Å². The predicted octanol–water partition coefficient (Wildman–Crippen LogP) is 6.18. The zero-order valence-electron chi connectivity index (χ0n) is 16.9. The maximum absolute atomic E-state index is 13.2. The Morgan fingerprint density at radius 1 is 1.00 bits per heavy atom. The van der Waals surface area contributed by atoms with Gasteiger partial charge in [0.2, 0.25) is 11.8 Å². The summed E-state index contributed by atoms with van der Waals surface area (Å²) in [5.41, 5.74) is 1.41. The average molecular weight is 490 g/mol. The number of nitrogens with one attached hydrogen (secondary N) is 1. The number of hydrogen-bond donors (Lipinski definition) is 1. The smallest absolute Gasteiger partial charge is 0.242 e. The Labute approximate surface area is 197 Å². The highest BCUT2D eigenvalue weighted by atomic mass is 35.5. The summed E-state index contributed by atoms with van der Waals surface area (Å²) < 4.78 is 0. The second kappa shape index (κ2) is 11.8. The van der Waals surface area contributed by atoms with Crippen LogP contribution in [0.2, 0.25) is 20.1 Å². The molecule has 0 fully saturated rings. The molecule has 0 heterocycles. The van der Waals surface area contributed by atoms with Gasteiger partial charge in [0, 0.05) is 23.1 Å². The van der Waals surface area contributed by atoms with Gasteiger partial charge in [-0.15, -0.1) is 0 Å². The minimum atomic E-state index is -0.671. The molecule has 8 heteroatoms. The number of benzene rings is 2. The zero-order chi connectivity index (χ0) is 22.3. The lowest BCUT2D eigenvalue weighted by Gasteiger charge is -2.29. The molecular formula is C22H24Cl4N2O2. The summed E-state index contributed by atoms with van der Waals surface area (Å²) in [6.07, 6.45) is 1.89. The minimum Gasteiger partial charge on any atom is -0.354 e. The lowest BCUT2D eigenvalue weighted by atomic mass is 10.1. The SMILES string of the molecule is CCCCNC(=O)[C@H](C)N(Cc1ccc(Cl)c(Cl)c1)C(=O)Cc1ccc(Cl)cc1Cl. The van der Waals surface area contributed by atoms with Crippen molar-refractivity contribution in [1.29, 1.82) is 0 Å². The molecule has 30 heavy (non-hydrogen) atoms. The topological polar surface area (TPSA) is 49.4 Å². The van der Waals surface area contributed by atoms with Crippen LogP contribution in [-0.4, -0.2) is 29.3 Å². The van der Waals surface area contributed by atoms with E-state index >= 15 is 0 Å². The fraction of sp³-hybridized carbons (Fsp3) is 0.364. The van der Waals surface area contributed by atoms with Crippen LogP contribution in [0.5, 0.6) is 0 Å². The summed E-state index contributed by atoms with van der Waals surface area (Å²) in [5.74, 6) is -0.442. The number of carbonyl (C=O) groups is 2. The Bertz CT molecular complexity index is 905. The standard InChI is InChI=1S/C22H24Cl4N2O2/c1-3-4-9-27-22(30)14(2)28(13-15-5-8-18(24)20(26)10-15)21(29)11-16-6-7-17(23)12-19(16)25/h5-8,10,12,14H,3-4,9,11,13H2,1-2H3,(H,27,30)/t14-/m0/s1. The van der Waals surface area contributed by atoms with Gasteiger partial charge in [-0.05, 0) is 48.7 Å². The Morgan fingerprint density at radius 3 is 2.37 bits per heavy atom. The van der Waals surface area contributed by atoms with Crippen LogP contribution in [0.25, 0.3) is 0 Å². The molecule has 0 aliphatic rings. The van der Waals surface area contributed by atoms with E-state index in [0.717, 1.165) is 18.4 Å². The molecule has 0 aliphatic heterocycles. The fourth-order valence-electron chi connectivity index (χ4n) is 2.88. The highest BCUT2D eigenvalue weighted by Crippen LogP contribution is 2.25. The van der Waals surface area contributed by atoms with Crippen LogP contribution in [-0.2, 0) is 22.6 Å². The average Bonchev–Trinajstić information content (AvgIpc) is 2.70. The maximum Gasteiger partial charge on any atom is 0.242 e. The molecule has 2 aromatic rings. The number of amides is 2. The van der Waals surface area contributed by atoms with Gasteiger partial charge in [0.15, 0.2) is 0 Å². The fourth-order valence-corrected chi connectivity index (χ4v) is 3.68. The van der Waals surface area contributed by atoms with E-state index in [0.29, 0.717) is 32.2 Å². The summed E-state index contributed by atoms with van der Waals surface area (Å²) in [5, 5.41) is 4.60. The molecule has 162 valence electrons. The van der Waals surface area contributed by atoms with Crippen molar-refractivity contribution in [2.45, 2.75) is 45.7 Å². The van der Waals surface area contributed by atoms with Gasteiger partial charge < -0.3 is 10.2 Å². The van der Waals surface area contributed by atoms with Crippen LogP contribution in [0.1, 0.15) is 37.8 Å². The van der Waals surface area contributed by atoms with E-state index in [4.69, 9.17) is 46.4 Å².